The van der Waals surface area contributed by atoms with Crippen LogP contribution in [0.3, 0.4) is 0 Å². The second-order valence-electron chi connectivity index (χ2n) is 12.4. The Balaban J connectivity index is 1.56. The Hall–Kier alpha value is -4.86. The molecule has 1 saturated heterocycles. The van der Waals surface area contributed by atoms with Crippen molar-refractivity contribution in [3.05, 3.63) is 92.4 Å². The average Bonchev–Trinajstić information content (AvgIpc) is 3.45. The van der Waals surface area contributed by atoms with E-state index in [1.165, 1.54) is 29.9 Å². The molecule has 2 aromatic carbocycles. The Labute approximate surface area is 296 Å². The minimum absolute atomic E-state index is 0.00316. The summed E-state index contributed by atoms with van der Waals surface area (Å²) < 4.78 is 46.7. The van der Waals surface area contributed by atoms with Crippen LogP contribution in [-0.4, -0.2) is 85.2 Å². The number of anilines is 1. The fourth-order valence-electron chi connectivity index (χ4n) is 6.04. The number of aromatic carboxylic acids is 1. The number of hydrogen-bond acceptors (Lipinski definition) is 10. The van der Waals surface area contributed by atoms with E-state index in [0.29, 0.717) is 66.7 Å². The number of nitrogens with zero attached hydrogens (tertiary/aromatic N) is 5. The zero-order valence-electron chi connectivity index (χ0n) is 29.5. The summed E-state index contributed by atoms with van der Waals surface area (Å²) in [4.78, 5) is 46.2. The molecule has 0 spiro atoms. The molecule has 0 radical (unpaired) electrons. The van der Waals surface area contributed by atoms with Crippen molar-refractivity contribution < 1.29 is 37.1 Å². The highest BCUT2D eigenvalue weighted by molar-refractivity contribution is 7.93. The Morgan fingerprint density at radius 1 is 1.06 bits per heavy atom. The highest BCUT2D eigenvalue weighted by Crippen LogP contribution is 2.35. The number of methoxy groups -OCH3 is 1. The van der Waals surface area contributed by atoms with Gasteiger partial charge in [0, 0.05) is 49.0 Å². The lowest BCUT2D eigenvalue weighted by Gasteiger charge is -2.27. The van der Waals surface area contributed by atoms with Crippen molar-refractivity contribution in [1.82, 2.24) is 19.6 Å². The van der Waals surface area contributed by atoms with Gasteiger partial charge in [-0.05, 0) is 50.5 Å². The van der Waals surface area contributed by atoms with Crippen LogP contribution in [0.4, 0.5) is 5.82 Å². The van der Waals surface area contributed by atoms with E-state index in [4.69, 9.17) is 19.0 Å². The normalized spacial score (nSPS) is 13.4. The number of hydrogen-bond donors (Lipinski definition) is 1. The lowest BCUT2D eigenvalue weighted by Crippen LogP contribution is -2.42. The van der Waals surface area contributed by atoms with Crippen LogP contribution in [0, 0.1) is 20.8 Å². The summed E-state index contributed by atoms with van der Waals surface area (Å²) in [7, 11) is -3.00. The topological polar surface area (TPSA) is 174 Å². The summed E-state index contributed by atoms with van der Waals surface area (Å²) in [5, 5.41) is 14.4. The van der Waals surface area contributed by atoms with Gasteiger partial charge in [-0.3, -0.25) is 14.2 Å². The molecule has 272 valence electrons. The molecule has 14 nitrogen and oxygen atoms in total. The molecule has 15 heteroatoms. The zero-order valence-corrected chi connectivity index (χ0v) is 30.3. The molecule has 0 unspecified atom stereocenters. The van der Waals surface area contributed by atoms with Gasteiger partial charge in [0.25, 0.3) is 15.6 Å². The molecular weight excluding hydrogens is 678 g/mol. The molecule has 3 heterocycles. The number of sulfonamides is 1. The predicted molar refractivity (Wildman–Crippen MR) is 188 cm³/mol. The van der Waals surface area contributed by atoms with E-state index >= 15 is 0 Å². The number of benzene rings is 2. The van der Waals surface area contributed by atoms with Crippen LogP contribution in [0.1, 0.15) is 64.1 Å². The van der Waals surface area contributed by atoms with Crippen molar-refractivity contribution in [2.45, 2.75) is 64.8 Å². The maximum atomic E-state index is 14.2. The minimum Gasteiger partial charge on any atom is -0.478 e. The van der Waals surface area contributed by atoms with E-state index in [1.807, 2.05) is 6.92 Å². The molecule has 0 saturated carbocycles. The van der Waals surface area contributed by atoms with Crippen molar-refractivity contribution in [3.8, 4) is 11.1 Å². The first-order valence-electron chi connectivity index (χ1n) is 16.7. The predicted octanol–water partition coefficient (Wildman–Crippen LogP) is 4.11. The largest absolute Gasteiger partial charge is 0.478 e. The van der Waals surface area contributed by atoms with Crippen LogP contribution in [0.2, 0.25) is 0 Å². The molecule has 2 aromatic heterocycles. The molecule has 51 heavy (non-hydrogen) atoms. The van der Waals surface area contributed by atoms with E-state index in [1.54, 1.807) is 49.9 Å². The van der Waals surface area contributed by atoms with Gasteiger partial charge in [0.1, 0.15) is 18.3 Å². The van der Waals surface area contributed by atoms with Gasteiger partial charge in [0.05, 0.1) is 36.6 Å². The van der Waals surface area contributed by atoms with Crippen LogP contribution >= 0.6 is 0 Å². The number of aryl methyl sites for hydroxylation is 3. The van der Waals surface area contributed by atoms with Gasteiger partial charge >= 0.3 is 5.97 Å². The zero-order chi connectivity index (χ0) is 36.9. The van der Waals surface area contributed by atoms with E-state index in [9.17, 15) is 27.9 Å². The lowest BCUT2D eigenvalue weighted by atomic mass is 9.97. The highest BCUT2D eigenvalue weighted by Gasteiger charge is 2.32. The number of aromatic nitrogens is 3. The van der Waals surface area contributed by atoms with Gasteiger partial charge in [-0.15, -0.1) is 0 Å². The van der Waals surface area contributed by atoms with Crippen molar-refractivity contribution in [2.24, 2.45) is 0 Å². The summed E-state index contributed by atoms with van der Waals surface area (Å²) in [6.07, 6.45) is 2.05. The Morgan fingerprint density at radius 2 is 1.78 bits per heavy atom. The maximum Gasteiger partial charge on any atom is 0.336 e. The third kappa shape index (κ3) is 7.90. The number of carbonyl (C=O) groups is 2. The van der Waals surface area contributed by atoms with Crippen LogP contribution in [0.5, 0.6) is 0 Å². The van der Waals surface area contributed by atoms with Gasteiger partial charge in [0.2, 0.25) is 5.91 Å². The molecule has 1 fully saturated rings. The second kappa shape index (κ2) is 16.0. The number of unbranched alkanes of at least 4 members (excludes halogenated alkanes) is 1. The van der Waals surface area contributed by atoms with Crippen molar-refractivity contribution in [2.75, 3.05) is 44.4 Å². The van der Waals surface area contributed by atoms with Crippen LogP contribution < -0.4 is 9.86 Å². The number of carbonyl (C=O) groups excluding carboxylic acids is 1. The number of morpholine rings is 1. The molecule has 0 bridgehead atoms. The maximum absolute atomic E-state index is 14.2. The first-order valence-corrected chi connectivity index (χ1v) is 18.2. The summed E-state index contributed by atoms with van der Waals surface area (Å²) in [5.74, 6) is -0.434. The first-order chi connectivity index (χ1) is 24.4. The van der Waals surface area contributed by atoms with Crippen molar-refractivity contribution in [1.29, 1.82) is 0 Å². The van der Waals surface area contributed by atoms with E-state index in [-0.39, 0.29) is 58.6 Å². The van der Waals surface area contributed by atoms with Gasteiger partial charge in [0.15, 0.2) is 5.82 Å². The number of rotatable bonds is 14. The quantitative estimate of drug-likeness (QED) is 0.186. The Bertz CT molecular complexity index is 2080. The lowest BCUT2D eigenvalue weighted by molar-refractivity contribution is -0.134. The van der Waals surface area contributed by atoms with Gasteiger partial charge < -0.3 is 24.0 Å². The van der Waals surface area contributed by atoms with Crippen molar-refractivity contribution in [3.63, 3.8) is 0 Å². The second-order valence-corrected chi connectivity index (χ2v) is 14.2. The smallest absolute Gasteiger partial charge is 0.336 e. The van der Waals surface area contributed by atoms with Gasteiger partial charge in [-0.1, -0.05) is 48.8 Å². The summed E-state index contributed by atoms with van der Waals surface area (Å²) in [6.45, 7) is 8.51. The third-order valence-corrected chi connectivity index (χ3v) is 10.8. The number of amides is 1. The molecule has 4 aromatic rings. The SMILES string of the molecule is CCCCc1nc(C)c(CC(=O)N2CCOCC2)c(=O)n1Cc1ccc(-c2ccccc2S(=O)(=O)N(COC)c2noc(C)c2C)c(C(=O)O)c1. The molecule has 0 atom stereocenters. The van der Waals surface area contributed by atoms with Crippen LogP contribution in [0.15, 0.2) is 56.7 Å². The Morgan fingerprint density at radius 3 is 2.43 bits per heavy atom. The summed E-state index contributed by atoms with van der Waals surface area (Å²) >= 11 is 0. The fourth-order valence-corrected chi connectivity index (χ4v) is 7.63. The van der Waals surface area contributed by atoms with Crippen LogP contribution in [-0.2, 0) is 43.7 Å². The minimum atomic E-state index is -4.35. The summed E-state index contributed by atoms with van der Waals surface area (Å²) in [5.41, 5.74) is 1.58. The molecule has 1 aliphatic rings. The third-order valence-electron chi connectivity index (χ3n) is 9.01. The average molecular weight is 722 g/mol. The molecule has 5 rings (SSSR count). The molecule has 1 aliphatic heterocycles. The van der Waals surface area contributed by atoms with Crippen molar-refractivity contribution >= 4 is 27.7 Å². The number of carboxylic acids is 1. The first kappa shape index (κ1) is 37.4. The van der Waals surface area contributed by atoms with Gasteiger partial charge in [-0.2, -0.15) is 0 Å². The molecular formula is C36H43N5O9S. The summed E-state index contributed by atoms with van der Waals surface area (Å²) in [6, 6.07) is 10.7. The van der Waals surface area contributed by atoms with Gasteiger partial charge in [-0.25, -0.2) is 22.5 Å². The molecule has 0 aliphatic carbocycles. The molecule has 1 amide bonds. The fraction of sp³-hybridized carbons (Fsp3) is 0.417. The van der Waals surface area contributed by atoms with Crippen LogP contribution in [0.25, 0.3) is 11.1 Å². The Kier molecular flexibility index (Phi) is 11.7. The number of ether oxygens (including phenoxy) is 2. The van der Waals surface area contributed by atoms with E-state index in [0.717, 1.165) is 17.1 Å². The highest BCUT2D eigenvalue weighted by atomic mass is 32.2. The standard InChI is InChI=1S/C36H43N5O9S/c1-6-7-12-32-37-24(3)29(20-33(42)39-15-17-49-18-16-39)35(43)40(32)21-26-13-14-27(30(19-26)36(44)45)28-10-8-9-11-31(28)51(46,47)41(22-48-5)34-23(2)25(4)50-38-34/h8-11,13-14,19H,6-7,12,15-18,20-22H2,1-5H3,(H,44,45). The monoisotopic (exact) mass is 721 g/mol. The number of carboxylic acid groups (broad SMARTS) is 1. The molecule has 1 N–H and O–H groups in total. The van der Waals surface area contributed by atoms with E-state index in [2.05, 4.69) is 5.16 Å². The van der Waals surface area contributed by atoms with E-state index < -0.39 is 16.0 Å².